The first kappa shape index (κ1) is 16.4. The lowest BCUT2D eigenvalue weighted by Crippen LogP contribution is -2.44. The minimum atomic E-state index is -0.514. The molecule has 0 spiro atoms. The molecular weight excluding hydrogens is 270 g/mol. The molecule has 1 fully saturated rings. The van der Waals surface area contributed by atoms with Crippen molar-refractivity contribution >= 4 is 0 Å². The van der Waals surface area contributed by atoms with Crippen molar-refractivity contribution in [2.24, 2.45) is 0 Å². The maximum absolute atomic E-state index is 14.0. The van der Waals surface area contributed by atoms with Crippen molar-refractivity contribution < 1.29 is 8.78 Å². The molecule has 0 bridgehead atoms. The first-order chi connectivity index (χ1) is 10.1. The van der Waals surface area contributed by atoms with Crippen molar-refractivity contribution in [2.45, 2.75) is 51.6 Å². The summed E-state index contributed by atoms with van der Waals surface area (Å²) in [5.74, 6) is -0.959. The summed E-state index contributed by atoms with van der Waals surface area (Å²) in [6.07, 6.45) is 4.71. The molecule has 1 N–H and O–H groups in total. The number of benzene rings is 1. The molecule has 1 aromatic carbocycles. The fourth-order valence-corrected chi connectivity index (χ4v) is 3.13. The van der Waals surface area contributed by atoms with E-state index >= 15 is 0 Å². The van der Waals surface area contributed by atoms with E-state index in [0.717, 1.165) is 32.1 Å². The zero-order chi connectivity index (χ0) is 15.2. The van der Waals surface area contributed by atoms with E-state index < -0.39 is 11.6 Å². The molecule has 0 radical (unpaired) electrons. The van der Waals surface area contributed by atoms with Crippen LogP contribution in [0.2, 0.25) is 0 Å². The van der Waals surface area contributed by atoms with Crippen LogP contribution in [0.15, 0.2) is 18.2 Å². The van der Waals surface area contributed by atoms with Gasteiger partial charge in [-0.05, 0) is 45.3 Å². The number of nitrogens with zero attached hydrogens (tertiary/aromatic N) is 1. The van der Waals surface area contributed by atoms with Crippen molar-refractivity contribution in [1.82, 2.24) is 10.2 Å². The number of halogens is 2. The predicted octanol–water partition coefficient (Wildman–Crippen LogP) is 3.88. The molecule has 1 aliphatic rings. The second kappa shape index (κ2) is 7.85. The smallest absolute Gasteiger partial charge is 0.130 e. The summed E-state index contributed by atoms with van der Waals surface area (Å²) in [5.41, 5.74) is 0.584. The molecule has 0 aromatic heterocycles. The highest BCUT2D eigenvalue weighted by Crippen LogP contribution is 2.25. The molecule has 0 aliphatic carbocycles. The lowest BCUT2D eigenvalue weighted by molar-refractivity contribution is 0.173. The van der Waals surface area contributed by atoms with Crippen LogP contribution in [0.3, 0.4) is 0 Å². The Balaban J connectivity index is 2.08. The first-order valence-electron chi connectivity index (χ1n) is 8.04. The van der Waals surface area contributed by atoms with Crippen LogP contribution in [-0.2, 0) is 0 Å². The van der Waals surface area contributed by atoms with Gasteiger partial charge in [0, 0.05) is 30.3 Å². The van der Waals surface area contributed by atoms with Gasteiger partial charge in [-0.2, -0.15) is 0 Å². The molecule has 2 rings (SSSR count). The Morgan fingerprint density at radius 3 is 2.76 bits per heavy atom. The lowest BCUT2D eigenvalue weighted by atomic mass is 10.0. The lowest BCUT2D eigenvalue weighted by Gasteiger charge is -2.34. The van der Waals surface area contributed by atoms with Gasteiger partial charge in [-0.3, -0.25) is 4.90 Å². The number of hydrogen-bond donors (Lipinski definition) is 1. The van der Waals surface area contributed by atoms with Crippen LogP contribution in [0.1, 0.15) is 51.1 Å². The second-order valence-electron chi connectivity index (χ2n) is 5.98. The molecule has 118 valence electrons. The molecule has 2 atom stereocenters. The minimum absolute atomic E-state index is 0.0331. The third kappa shape index (κ3) is 4.48. The molecule has 2 unspecified atom stereocenters. The number of nitrogens with one attached hydrogen (secondary N) is 1. The maximum atomic E-state index is 14.0. The zero-order valence-electron chi connectivity index (χ0n) is 13.0. The van der Waals surface area contributed by atoms with Gasteiger partial charge in [0.15, 0.2) is 0 Å². The number of hydrogen-bond acceptors (Lipinski definition) is 2. The summed E-state index contributed by atoms with van der Waals surface area (Å²) >= 11 is 0. The van der Waals surface area contributed by atoms with E-state index in [4.69, 9.17) is 0 Å². The van der Waals surface area contributed by atoms with E-state index in [0.29, 0.717) is 11.6 Å². The van der Waals surface area contributed by atoms with E-state index in [1.54, 1.807) is 6.07 Å². The molecule has 1 saturated heterocycles. The molecule has 4 heteroatoms. The summed E-state index contributed by atoms with van der Waals surface area (Å²) in [7, 11) is 0. The van der Waals surface area contributed by atoms with E-state index in [9.17, 15) is 8.78 Å². The third-order valence-electron chi connectivity index (χ3n) is 4.34. The van der Waals surface area contributed by atoms with Crippen molar-refractivity contribution in [3.05, 3.63) is 35.4 Å². The van der Waals surface area contributed by atoms with Crippen LogP contribution in [0.5, 0.6) is 0 Å². The van der Waals surface area contributed by atoms with Crippen molar-refractivity contribution in [3.8, 4) is 0 Å². The highest BCUT2D eigenvalue weighted by Gasteiger charge is 2.22. The normalized spacial score (nSPS) is 20.7. The largest absolute Gasteiger partial charge is 0.313 e. The van der Waals surface area contributed by atoms with E-state index in [2.05, 4.69) is 17.1 Å². The van der Waals surface area contributed by atoms with Gasteiger partial charge in [0.05, 0.1) is 0 Å². The van der Waals surface area contributed by atoms with E-state index in [-0.39, 0.29) is 6.04 Å². The highest BCUT2D eigenvalue weighted by atomic mass is 19.1. The van der Waals surface area contributed by atoms with Crippen LogP contribution in [0, 0.1) is 11.6 Å². The van der Waals surface area contributed by atoms with Gasteiger partial charge in [-0.1, -0.05) is 19.4 Å². The topological polar surface area (TPSA) is 15.3 Å². The average molecular weight is 296 g/mol. The minimum Gasteiger partial charge on any atom is -0.313 e. The van der Waals surface area contributed by atoms with Gasteiger partial charge < -0.3 is 5.32 Å². The molecule has 1 heterocycles. The Hall–Kier alpha value is -1.00. The predicted molar refractivity (Wildman–Crippen MR) is 82.3 cm³/mol. The average Bonchev–Trinajstić information content (AvgIpc) is 2.47. The van der Waals surface area contributed by atoms with Gasteiger partial charge in [-0.25, -0.2) is 8.78 Å². The SMILES string of the molecule is CCCN(CC1CCCCN1)C(C)c1ccc(F)cc1F. The molecular formula is C17H26F2N2. The van der Waals surface area contributed by atoms with E-state index in [1.807, 2.05) is 6.92 Å². The Labute approximate surface area is 126 Å². The molecule has 1 aromatic rings. The molecule has 0 saturated carbocycles. The van der Waals surface area contributed by atoms with Gasteiger partial charge in [0.2, 0.25) is 0 Å². The Bertz CT molecular complexity index is 444. The van der Waals surface area contributed by atoms with Crippen molar-refractivity contribution in [2.75, 3.05) is 19.6 Å². The first-order valence-corrected chi connectivity index (χ1v) is 8.04. The van der Waals surface area contributed by atoms with Crippen LogP contribution in [0.4, 0.5) is 8.78 Å². The quantitative estimate of drug-likeness (QED) is 0.857. The van der Waals surface area contributed by atoms with Gasteiger partial charge in [0.1, 0.15) is 11.6 Å². The molecule has 21 heavy (non-hydrogen) atoms. The van der Waals surface area contributed by atoms with Crippen LogP contribution < -0.4 is 5.32 Å². The fraction of sp³-hybridized carbons (Fsp3) is 0.647. The van der Waals surface area contributed by atoms with Crippen molar-refractivity contribution in [1.29, 1.82) is 0 Å². The fourth-order valence-electron chi connectivity index (χ4n) is 3.13. The van der Waals surface area contributed by atoms with Gasteiger partial charge >= 0.3 is 0 Å². The number of piperidine rings is 1. The molecule has 0 amide bonds. The summed E-state index contributed by atoms with van der Waals surface area (Å²) in [6, 6.07) is 4.35. The zero-order valence-corrected chi connectivity index (χ0v) is 13.0. The van der Waals surface area contributed by atoms with Crippen molar-refractivity contribution in [3.63, 3.8) is 0 Å². The van der Waals surface area contributed by atoms with Crippen LogP contribution in [0.25, 0.3) is 0 Å². The Kier molecular flexibility index (Phi) is 6.12. The Morgan fingerprint density at radius 1 is 1.33 bits per heavy atom. The summed E-state index contributed by atoms with van der Waals surface area (Å²) in [4.78, 5) is 2.30. The maximum Gasteiger partial charge on any atom is 0.130 e. The highest BCUT2D eigenvalue weighted by molar-refractivity contribution is 5.21. The van der Waals surface area contributed by atoms with Gasteiger partial charge in [-0.15, -0.1) is 0 Å². The summed E-state index contributed by atoms with van der Waals surface area (Å²) < 4.78 is 27.1. The summed E-state index contributed by atoms with van der Waals surface area (Å²) in [5, 5.41) is 3.54. The summed E-state index contributed by atoms with van der Waals surface area (Å²) in [6.45, 7) is 7.07. The van der Waals surface area contributed by atoms with Gasteiger partial charge in [0.25, 0.3) is 0 Å². The monoisotopic (exact) mass is 296 g/mol. The number of rotatable bonds is 6. The molecule has 2 nitrogen and oxygen atoms in total. The second-order valence-corrected chi connectivity index (χ2v) is 5.98. The molecule has 1 aliphatic heterocycles. The van der Waals surface area contributed by atoms with Crippen LogP contribution in [-0.4, -0.2) is 30.6 Å². The van der Waals surface area contributed by atoms with E-state index in [1.165, 1.54) is 25.3 Å². The Morgan fingerprint density at radius 2 is 2.14 bits per heavy atom. The van der Waals surface area contributed by atoms with Crippen LogP contribution >= 0.6 is 0 Å². The third-order valence-corrected chi connectivity index (χ3v) is 4.34. The standard InChI is InChI=1S/C17H26F2N2/c1-3-10-21(12-15-6-4-5-9-20-15)13(2)16-8-7-14(18)11-17(16)19/h7-8,11,13,15,20H,3-6,9-10,12H2,1-2H3.